The van der Waals surface area contributed by atoms with Crippen LogP contribution in [0.25, 0.3) is 0 Å². The van der Waals surface area contributed by atoms with Gasteiger partial charge in [0.05, 0.1) is 19.1 Å². The molecule has 0 atom stereocenters. The Bertz CT molecular complexity index is 495. The molecule has 0 bridgehead atoms. The third-order valence-corrected chi connectivity index (χ3v) is 3.81. The van der Waals surface area contributed by atoms with Crippen LogP contribution in [0.2, 0.25) is 0 Å². The van der Waals surface area contributed by atoms with E-state index in [9.17, 15) is 8.42 Å². The molecule has 1 aromatic carbocycles. The number of hydrogen-bond acceptors (Lipinski definition) is 4. The zero-order chi connectivity index (χ0) is 14.0. The highest BCUT2D eigenvalue weighted by molar-refractivity contribution is 7.89. The van der Waals surface area contributed by atoms with Gasteiger partial charge in [0.15, 0.2) is 0 Å². The molecular weight excluding hydrogens is 254 g/mol. The first-order valence-electron chi connectivity index (χ1n) is 5.45. The highest BCUT2D eigenvalue weighted by Gasteiger charge is 2.23. The van der Waals surface area contributed by atoms with Gasteiger partial charge < -0.3 is 9.47 Å². The lowest BCUT2D eigenvalue weighted by molar-refractivity contribution is 0.391. The normalized spacial score (nSPS) is 12.3. The molecule has 0 radical (unpaired) electrons. The first-order valence-corrected chi connectivity index (χ1v) is 6.93. The number of nitrogens with one attached hydrogen (secondary N) is 1. The average Bonchev–Trinajstić information content (AvgIpc) is 2.25. The van der Waals surface area contributed by atoms with Crippen molar-refractivity contribution in [3.8, 4) is 11.5 Å². The van der Waals surface area contributed by atoms with Crippen LogP contribution in [0.5, 0.6) is 11.5 Å². The van der Waals surface area contributed by atoms with Crippen molar-refractivity contribution in [1.29, 1.82) is 0 Å². The predicted molar refractivity (Wildman–Crippen MR) is 69.6 cm³/mol. The van der Waals surface area contributed by atoms with Crippen molar-refractivity contribution in [1.82, 2.24) is 4.72 Å². The molecule has 18 heavy (non-hydrogen) atoms. The molecule has 1 N–H and O–H groups in total. The number of benzene rings is 1. The third kappa shape index (κ3) is 3.89. The molecule has 1 rings (SSSR count). The number of rotatable bonds is 4. The van der Waals surface area contributed by atoms with Crippen LogP contribution in [0.4, 0.5) is 0 Å². The summed E-state index contributed by atoms with van der Waals surface area (Å²) in [6, 6.07) is 4.53. The number of ether oxygens (including phenoxy) is 2. The van der Waals surface area contributed by atoms with E-state index >= 15 is 0 Å². The summed E-state index contributed by atoms with van der Waals surface area (Å²) in [5.41, 5.74) is -0.546. The lowest BCUT2D eigenvalue weighted by Gasteiger charge is -2.20. The maximum Gasteiger partial charge on any atom is 0.241 e. The Hall–Kier alpha value is -1.27. The van der Waals surface area contributed by atoms with Gasteiger partial charge in [0.2, 0.25) is 10.0 Å². The van der Waals surface area contributed by atoms with Crippen molar-refractivity contribution in [2.45, 2.75) is 31.2 Å². The highest BCUT2D eigenvalue weighted by atomic mass is 32.2. The van der Waals surface area contributed by atoms with Gasteiger partial charge in [-0.2, -0.15) is 0 Å². The molecule has 0 heterocycles. The molecule has 0 unspecified atom stereocenters. The summed E-state index contributed by atoms with van der Waals surface area (Å²) in [4.78, 5) is 0.119. The molecule has 102 valence electrons. The summed E-state index contributed by atoms with van der Waals surface area (Å²) in [5, 5.41) is 0. The van der Waals surface area contributed by atoms with Gasteiger partial charge in [-0.25, -0.2) is 13.1 Å². The van der Waals surface area contributed by atoms with Crippen molar-refractivity contribution in [3.63, 3.8) is 0 Å². The summed E-state index contributed by atoms with van der Waals surface area (Å²) in [7, 11) is -0.644. The SMILES string of the molecule is COc1cc(OC)cc(S(=O)(=O)NC(C)(C)C)c1. The van der Waals surface area contributed by atoms with E-state index in [0.717, 1.165) is 0 Å². The lowest BCUT2D eigenvalue weighted by atomic mass is 10.1. The second-order valence-electron chi connectivity index (χ2n) is 4.90. The summed E-state index contributed by atoms with van der Waals surface area (Å²) >= 11 is 0. The molecule has 0 amide bonds. The van der Waals surface area contributed by atoms with Crippen LogP contribution in [-0.2, 0) is 10.0 Å². The zero-order valence-corrected chi connectivity index (χ0v) is 12.1. The van der Waals surface area contributed by atoms with E-state index < -0.39 is 15.6 Å². The molecular formula is C12H19NO4S. The summed E-state index contributed by atoms with van der Waals surface area (Å²) < 4.78 is 37.0. The highest BCUT2D eigenvalue weighted by Crippen LogP contribution is 2.25. The van der Waals surface area contributed by atoms with Crippen molar-refractivity contribution in [3.05, 3.63) is 18.2 Å². The van der Waals surface area contributed by atoms with E-state index in [-0.39, 0.29) is 4.90 Å². The quantitative estimate of drug-likeness (QED) is 0.908. The Labute approximate surface area is 108 Å². The maximum atomic E-state index is 12.2. The molecule has 0 aromatic heterocycles. The smallest absolute Gasteiger partial charge is 0.241 e. The van der Waals surface area contributed by atoms with Gasteiger partial charge in [0, 0.05) is 23.7 Å². The minimum absolute atomic E-state index is 0.119. The number of sulfonamides is 1. The molecule has 0 spiro atoms. The van der Waals surface area contributed by atoms with Gasteiger partial charge in [-0.15, -0.1) is 0 Å². The topological polar surface area (TPSA) is 64.6 Å². The molecule has 0 aliphatic heterocycles. The Morgan fingerprint density at radius 1 is 1.00 bits per heavy atom. The lowest BCUT2D eigenvalue weighted by Crippen LogP contribution is -2.40. The molecule has 1 aromatic rings. The van der Waals surface area contributed by atoms with Gasteiger partial charge in [0.25, 0.3) is 0 Å². The number of methoxy groups -OCH3 is 2. The maximum absolute atomic E-state index is 12.2. The summed E-state index contributed by atoms with van der Waals surface area (Å²) in [6.07, 6.45) is 0. The molecule has 5 nitrogen and oxygen atoms in total. The van der Waals surface area contributed by atoms with Crippen LogP contribution in [0.15, 0.2) is 23.1 Å². The van der Waals surface area contributed by atoms with Crippen LogP contribution in [0, 0.1) is 0 Å². The van der Waals surface area contributed by atoms with Crippen molar-refractivity contribution < 1.29 is 17.9 Å². The predicted octanol–water partition coefficient (Wildman–Crippen LogP) is 1.78. The summed E-state index contributed by atoms with van der Waals surface area (Å²) in [5.74, 6) is 0.868. The Kier molecular flexibility index (Phi) is 4.24. The fraction of sp³-hybridized carbons (Fsp3) is 0.500. The molecule has 0 aliphatic rings. The first-order chi connectivity index (χ1) is 8.18. The van der Waals surface area contributed by atoms with E-state index in [1.165, 1.54) is 26.4 Å². The fourth-order valence-corrected chi connectivity index (χ4v) is 2.87. The standard InChI is InChI=1S/C12H19NO4S/c1-12(2,3)13-18(14,15)11-7-9(16-4)6-10(8-11)17-5/h6-8,13H,1-5H3. The minimum Gasteiger partial charge on any atom is -0.497 e. The van der Waals surface area contributed by atoms with Crippen LogP contribution in [-0.4, -0.2) is 28.2 Å². The Morgan fingerprint density at radius 3 is 1.78 bits per heavy atom. The zero-order valence-electron chi connectivity index (χ0n) is 11.3. The Balaban J connectivity index is 3.23. The van der Waals surface area contributed by atoms with Gasteiger partial charge in [0.1, 0.15) is 11.5 Å². The molecule has 6 heteroatoms. The van der Waals surface area contributed by atoms with Gasteiger partial charge in [-0.1, -0.05) is 0 Å². The largest absolute Gasteiger partial charge is 0.497 e. The van der Waals surface area contributed by atoms with Crippen molar-refractivity contribution >= 4 is 10.0 Å². The van der Waals surface area contributed by atoms with Crippen LogP contribution in [0.1, 0.15) is 20.8 Å². The molecule has 0 fully saturated rings. The van der Waals surface area contributed by atoms with E-state index in [1.54, 1.807) is 26.8 Å². The van der Waals surface area contributed by atoms with E-state index in [4.69, 9.17) is 9.47 Å². The second-order valence-corrected chi connectivity index (χ2v) is 6.59. The summed E-state index contributed by atoms with van der Waals surface area (Å²) in [6.45, 7) is 5.34. The van der Waals surface area contributed by atoms with Gasteiger partial charge in [-0.05, 0) is 20.8 Å². The van der Waals surface area contributed by atoms with Crippen molar-refractivity contribution in [2.75, 3.05) is 14.2 Å². The van der Waals surface area contributed by atoms with E-state index in [2.05, 4.69) is 4.72 Å². The van der Waals surface area contributed by atoms with Crippen LogP contribution in [0.3, 0.4) is 0 Å². The van der Waals surface area contributed by atoms with Gasteiger partial charge >= 0.3 is 0 Å². The third-order valence-electron chi connectivity index (χ3n) is 2.08. The molecule has 0 aliphatic carbocycles. The second kappa shape index (κ2) is 5.16. The van der Waals surface area contributed by atoms with Crippen LogP contribution < -0.4 is 14.2 Å². The monoisotopic (exact) mass is 273 g/mol. The minimum atomic E-state index is -3.59. The van der Waals surface area contributed by atoms with E-state index in [0.29, 0.717) is 11.5 Å². The Morgan fingerprint density at radius 2 is 1.44 bits per heavy atom. The van der Waals surface area contributed by atoms with E-state index in [1.807, 2.05) is 0 Å². The molecule has 0 saturated carbocycles. The van der Waals surface area contributed by atoms with Crippen LogP contribution >= 0.6 is 0 Å². The first kappa shape index (κ1) is 14.8. The molecule has 0 saturated heterocycles. The average molecular weight is 273 g/mol. The van der Waals surface area contributed by atoms with Crippen molar-refractivity contribution in [2.24, 2.45) is 0 Å². The number of hydrogen-bond donors (Lipinski definition) is 1. The fourth-order valence-electron chi connectivity index (χ4n) is 1.40. The van der Waals surface area contributed by atoms with Gasteiger partial charge in [-0.3, -0.25) is 0 Å².